The molecule has 4 nitrogen and oxygen atoms in total. The first-order valence-electron chi connectivity index (χ1n) is 8.29. The van der Waals surface area contributed by atoms with Crippen molar-refractivity contribution in [3.05, 3.63) is 77.3 Å². The molecule has 0 radical (unpaired) electrons. The second kappa shape index (κ2) is 6.73. The molecule has 1 saturated heterocycles. The van der Waals surface area contributed by atoms with Gasteiger partial charge in [-0.1, -0.05) is 29.8 Å². The van der Waals surface area contributed by atoms with Crippen LogP contribution in [0, 0.1) is 0 Å². The average molecular weight is 353 g/mol. The topological polar surface area (TPSA) is 46.3 Å². The number of benzene rings is 1. The van der Waals surface area contributed by atoms with Gasteiger partial charge < -0.3 is 9.32 Å². The summed E-state index contributed by atoms with van der Waals surface area (Å²) in [7, 11) is 0. The third-order valence-corrected chi connectivity index (χ3v) is 4.87. The Hall–Kier alpha value is -2.59. The quantitative estimate of drug-likeness (QED) is 0.668. The lowest BCUT2D eigenvalue weighted by atomic mass is 10.1. The molecule has 4 rings (SSSR count). The van der Waals surface area contributed by atoms with Crippen molar-refractivity contribution in [2.24, 2.45) is 0 Å². The van der Waals surface area contributed by atoms with Gasteiger partial charge in [0.05, 0.1) is 11.1 Å². The summed E-state index contributed by atoms with van der Waals surface area (Å²) >= 11 is 6.22. The van der Waals surface area contributed by atoms with E-state index in [0.29, 0.717) is 16.5 Å². The molecule has 1 aliphatic heterocycles. The number of rotatable bonds is 3. The van der Waals surface area contributed by atoms with Crippen molar-refractivity contribution in [3.63, 3.8) is 0 Å². The van der Waals surface area contributed by atoms with Gasteiger partial charge in [-0.25, -0.2) is 0 Å². The molecule has 5 heteroatoms. The lowest BCUT2D eigenvalue weighted by Crippen LogP contribution is -2.30. The maximum absolute atomic E-state index is 12.9. The number of aromatic nitrogens is 1. The third-order valence-electron chi connectivity index (χ3n) is 4.54. The van der Waals surface area contributed by atoms with E-state index in [1.807, 2.05) is 41.4 Å². The summed E-state index contributed by atoms with van der Waals surface area (Å²) in [4.78, 5) is 19.0. The molecule has 25 heavy (non-hydrogen) atoms. The van der Waals surface area contributed by atoms with Gasteiger partial charge in [0, 0.05) is 24.5 Å². The standard InChI is InChI=1S/C20H17ClN2O2/c21-16-7-2-1-6-15(16)18-9-10-19(25-18)20(24)23-12-4-8-17(23)14-5-3-11-22-13-14/h1-3,5-7,9-11,13,17H,4,8,12H2. The van der Waals surface area contributed by atoms with Crippen LogP contribution >= 0.6 is 11.6 Å². The molecule has 3 heterocycles. The van der Waals surface area contributed by atoms with Crippen LogP contribution in [0.25, 0.3) is 11.3 Å². The van der Waals surface area contributed by atoms with Gasteiger partial charge in [-0.05, 0) is 48.7 Å². The average Bonchev–Trinajstić information content (AvgIpc) is 3.32. The van der Waals surface area contributed by atoms with E-state index < -0.39 is 0 Å². The summed E-state index contributed by atoms with van der Waals surface area (Å²) in [5.74, 6) is 0.849. The maximum atomic E-state index is 12.9. The zero-order valence-electron chi connectivity index (χ0n) is 13.6. The van der Waals surface area contributed by atoms with Crippen molar-refractivity contribution in [1.82, 2.24) is 9.88 Å². The molecule has 0 saturated carbocycles. The van der Waals surface area contributed by atoms with E-state index >= 15 is 0 Å². The summed E-state index contributed by atoms with van der Waals surface area (Å²) in [6.45, 7) is 0.723. The van der Waals surface area contributed by atoms with Crippen LogP contribution in [0.5, 0.6) is 0 Å². The Balaban J connectivity index is 1.60. The molecule has 1 atom stereocenters. The molecule has 0 N–H and O–H groups in total. The van der Waals surface area contributed by atoms with Crippen LogP contribution in [0.15, 0.2) is 65.3 Å². The number of furan rings is 1. The van der Waals surface area contributed by atoms with E-state index in [-0.39, 0.29) is 11.9 Å². The molecule has 1 unspecified atom stereocenters. The smallest absolute Gasteiger partial charge is 0.290 e. The van der Waals surface area contributed by atoms with Gasteiger partial charge in [0.25, 0.3) is 5.91 Å². The van der Waals surface area contributed by atoms with Crippen LogP contribution in [0.4, 0.5) is 0 Å². The molecule has 1 aromatic carbocycles. The fraction of sp³-hybridized carbons (Fsp3) is 0.200. The highest BCUT2D eigenvalue weighted by molar-refractivity contribution is 6.33. The van der Waals surface area contributed by atoms with Gasteiger partial charge in [0.2, 0.25) is 0 Å². The molecule has 2 aromatic heterocycles. The van der Waals surface area contributed by atoms with Gasteiger partial charge >= 0.3 is 0 Å². The van der Waals surface area contributed by atoms with Crippen LogP contribution in [0.2, 0.25) is 5.02 Å². The Labute approximate surface area is 151 Å². The number of hydrogen-bond donors (Lipinski definition) is 0. The normalized spacial score (nSPS) is 17.0. The first-order valence-corrected chi connectivity index (χ1v) is 8.67. The Morgan fingerprint density at radius 2 is 2.04 bits per heavy atom. The fourth-order valence-corrected chi connectivity index (χ4v) is 3.56. The zero-order valence-corrected chi connectivity index (χ0v) is 14.3. The summed E-state index contributed by atoms with van der Waals surface area (Å²) in [6.07, 6.45) is 5.49. The van der Waals surface area contributed by atoms with Crippen LogP contribution in [-0.4, -0.2) is 22.3 Å². The maximum Gasteiger partial charge on any atom is 0.290 e. The van der Waals surface area contributed by atoms with Crippen LogP contribution in [0.3, 0.4) is 0 Å². The van der Waals surface area contributed by atoms with Gasteiger partial charge in [0.1, 0.15) is 5.76 Å². The largest absolute Gasteiger partial charge is 0.451 e. The minimum Gasteiger partial charge on any atom is -0.451 e. The summed E-state index contributed by atoms with van der Waals surface area (Å²) in [6, 6.07) is 14.9. The Kier molecular flexibility index (Phi) is 4.28. The SMILES string of the molecule is O=C(c1ccc(-c2ccccc2Cl)o1)N1CCCC1c1cccnc1. The van der Waals surface area contributed by atoms with Crippen molar-refractivity contribution in [2.75, 3.05) is 6.54 Å². The van der Waals surface area contributed by atoms with Crippen LogP contribution in [-0.2, 0) is 0 Å². The van der Waals surface area contributed by atoms with Crippen molar-refractivity contribution in [2.45, 2.75) is 18.9 Å². The Bertz CT molecular complexity index is 891. The molecular weight excluding hydrogens is 336 g/mol. The number of nitrogens with zero attached hydrogens (tertiary/aromatic N) is 2. The van der Waals surface area contributed by atoms with E-state index in [9.17, 15) is 4.79 Å². The van der Waals surface area contributed by atoms with E-state index in [1.54, 1.807) is 24.4 Å². The third kappa shape index (κ3) is 3.05. The predicted molar refractivity (Wildman–Crippen MR) is 96.4 cm³/mol. The highest BCUT2D eigenvalue weighted by Gasteiger charge is 2.32. The van der Waals surface area contributed by atoms with Crippen molar-refractivity contribution in [3.8, 4) is 11.3 Å². The molecule has 0 bridgehead atoms. The van der Waals surface area contributed by atoms with Crippen LogP contribution in [0.1, 0.15) is 35.0 Å². The predicted octanol–water partition coefficient (Wildman–Crippen LogP) is 4.97. The molecule has 3 aromatic rings. The molecule has 1 fully saturated rings. The highest BCUT2D eigenvalue weighted by Crippen LogP contribution is 2.34. The first-order chi connectivity index (χ1) is 12.2. The first kappa shape index (κ1) is 15.9. The van der Waals surface area contributed by atoms with E-state index in [4.69, 9.17) is 16.0 Å². The second-order valence-corrected chi connectivity index (χ2v) is 6.49. The lowest BCUT2D eigenvalue weighted by Gasteiger charge is -2.23. The number of pyridine rings is 1. The minimum absolute atomic E-state index is 0.0510. The second-order valence-electron chi connectivity index (χ2n) is 6.09. The number of carbonyl (C=O) groups is 1. The molecule has 0 spiro atoms. The number of hydrogen-bond acceptors (Lipinski definition) is 3. The molecular formula is C20H17ClN2O2. The van der Waals surface area contributed by atoms with E-state index in [2.05, 4.69) is 4.98 Å². The summed E-state index contributed by atoms with van der Waals surface area (Å²) in [5, 5.41) is 0.602. The molecule has 126 valence electrons. The molecule has 0 aliphatic carbocycles. The molecule has 1 amide bonds. The van der Waals surface area contributed by atoms with Crippen molar-refractivity contribution < 1.29 is 9.21 Å². The van der Waals surface area contributed by atoms with E-state index in [0.717, 1.165) is 30.5 Å². The van der Waals surface area contributed by atoms with Crippen molar-refractivity contribution in [1.29, 1.82) is 0 Å². The minimum atomic E-state index is -0.0929. The van der Waals surface area contributed by atoms with Gasteiger partial charge in [0.15, 0.2) is 5.76 Å². The van der Waals surface area contributed by atoms with Crippen molar-refractivity contribution >= 4 is 17.5 Å². The number of amides is 1. The highest BCUT2D eigenvalue weighted by atomic mass is 35.5. The van der Waals surface area contributed by atoms with Gasteiger partial charge in [-0.3, -0.25) is 9.78 Å². The molecule has 1 aliphatic rings. The summed E-state index contributed by atoms with van der Waals surface area (Å²) < 4.78 is 5.82. The monoisotopic (exact) mass is 352 g/mol. The fourth-order valence-electron chi connectivity index (χ4n) is 3.33. The summed E-state index contributed by atoms with van der Waals surface area (Å²) in [5.41, 5.74) is 1.85. The zero-order chi connectivity index (χ0) is 17.2. The van der Waals surface area contributed by atoms with Crippen LogP contribution < -0.4 is 0 Å². The van der Waals surface area contributed by atoms with Gasteiger partial charge in [-0.15, -0.1) is 0 Å². The van der Waals surface area contributed by atoms with E-state index in [1.165, 1.54) is 0 Å². The Morgan fingerprint density at radius 1 is 1.16 bits per heavy atom. The number of carbonyl (C=O) groups excluding carboxylic acids is 1. The Morgan fingerprint density at radius 3 is 2.84 bits per heavy atom. The number of halogens is 1. The van der Waals surface area contributed by atoms with Gasteiger partial charge in [-0.2, -0.15) is 0 Å². The lowest BCUT2D eigenvalue weighted by molar-refractivity contribution is 0.0704. The number of likely N-dealkylation sites (tertiary alicyclic amines) is 1.